The van der Waals surface area contributed by atoms with Crippen molar-refractivity contribution in [2.75, 3.05) is 6.61 Å². The van der Waals surface area contributed by atoms with Crippen LogP contribution in [0.3, 0.4) is 0 Å². The fourth-order valence-electron chi connectivity index (χ4n) is 3.29. The molecule has 0 bridgehead atoms. The van der Waals surface area contributed by atoms with Gasteiger partial charge in [-0.15, -0.1) is 0 Å². The van der Waals surface area contributed by atoms with Crippen LogP contribution in [-0.2, 0) is 24.3 Å². The summed E-state index contributed by atoms with van der Waals surface area (Å²) in [6.45, 7) is 1.65. The minimum Gasteiger partial charge on any atom is -0.492 e. The van der Waals surface area contributed by atoms with Gasteiger partial charge in [-0.1, -0.05) is 35.9 Å². The molecule has 1 aliphatic heterocycles. The molecule has 1 amide bonds. The third kappa shape index (κ3) is 4.31. The number of nitrogens with one attached hydrogen (secondary N) is 1. The molecule has 1 aromatic heterocycles. The van der Waals surface area contributed by atoms with Crippen LogP contribution in [0, 0.1) is 5.92 Å². The van der Waals surface area contributed by atoms with Gasteiger partial charge in [-0.2, -0.15) is 0 Å². The molecule has 0 fully saturated rings. The summed E-state index contributed by atoms with van der Waals surface area (Å²) in [7, 11) is 0. The Labute approximate surface area is 162 Å². The van der Waals surface area contributed by atoms with Crippen molar-refractivity contribution in [1.29, 1.82) is 0 Å². The number of amides is 1. The molecule has 1 atom stereocenters. The molecular formula is C21H20ClN3O2. The largest absolute Gasteiger partial charge is 0.492 e. The Morgan fingerprint density at radius 1 is 1.26 bits per heavy atom. The van der Waals surface area contributed by atoms with Gasteiger partial charge in [-0.05, 0) is 41.3 Å². The fourth-order valence-corrected chi connectivity index (χ4v) is 3.49. The van der Waals surface area contributed by atoms with Crippen LogP contribution in [0.5, 0.6) is 5.75 Å². The lowest BCUT2D eigenvalue weighted by Crippen LogP contribution is -2.37. The maximum atomic E-state index is 12.6. The summed E-state index contributed by atoms with van der Waals surface area (Å²) >= 11 is 6.05. The predicted octanol–water partition coefficient (Wildman–Crippen LogP) is 3.45. The maximum absolute atomic E-state index is 12.6. The summed E-state index contributed by atoms with van der Waals surface area (Å²) in [6, 6.07) is 13.7. The minimum absolute atomic E-state index is 0.000591. The zero-order valence-electron chi connectivity index (χ0n) is 14.8. The Hall–Kier alpha value is -2.79. The fraction of sp³-hybridized carbons (Fsp3) is 0.238. The number of carbonyl (C=O) groups excluding carboxylic acids is 1. The van der Waals surface area contributed by atoms with Gasteiger partial charge < -0.3 is 14.6 Å². The van der Waals surface area contributed by atoms with Crippen molar-refractivity contribution in [2.24, 2.45) is 5.92 Å². The van der Waals surface area contributed by atoms with Crippen molar-refractivity contribution in [3.63, 3.8) is 0 Å². The lowest BCUT2D eigenvalue weighted by molar-refractivity contribution is -0.126. The number of nitrogens with zero attached hydrogens (tertiary/aromatic N) is 2. The lowest BCUT2D eigenvalue weighted by atomic mass is 9.96. The number of imidazole rings is 1. The lowest BCUT2D eigenvalue weighted by Gasteiger charge is -2.24. The number of ether oxygens (including phenoxy) is 1. The molecular weight excluding hydrogens is 362 g/mol. The number of hydrogen-bond acceptors (Lipinski definition) is 3. The second-order valence-electron chi connectivity index (χ2n) is 6.74. The third-order valence-electron chi connectivity index (χ3n) is 4.68. The first-order chi connectivity index (χ1) is 13.2. The summed E-state index contributed by atoms with van der Waals surface area (Å²) < 4.78 is 7.73. The van der Waals surface area contributed by atoms with E-state index < -0.39 is 0 Å². The highest BCUT2D eigenvalue weighted by Gasteiger charge is 2.26. The molecule has 138 valence electrons. The molecule has 0 saturated carbocycles. The summed E-state index contributed by atoms with van der Waals surface area (Å²) in [4.78, 5) is 16.6. The van der Waals surface area contributed by atoms with Crippen molar-refractivity contribution in [2.45, 2.75) is 19.5 Å². The summed E-state index contributed by atoms with van der Waals surface area (Å²) in [6.07, 6.45) is 6.13. The van der Waals surface area contributed by atoms with Gasteiger partial charge in [0.05, 0.1) is 12.2 Å². The third-order valence-corrected chi connectivity index (χ3v) is 4.92. The minimum atomic E-state index is -0.204. The zero-order valence-corrected chi connectivity index (χ0v) is 15.5. The van der Waals surface area contributed by atoms with Crippen LogP contribution < -0.4 is 10.1 Å². The van der Waals surface area contributed by atoms with Gasteiger partial charge in [0.1, 0.15) is 12.4 Å². The standard InChI is InChI=1S/C21H20ClN3O2/c22-19-4-5-20-17(10-19)9-18(13-27-20)21(26)24-11-15-2-1-3-16(8-15)12-25-7-6-23-14-25/h1-8,10,14,18H,9,11-13H2,(H,24,26). The van der Waals surface area contributed by atoms with Crippen molar-refractivity contribution >= 4 is 17.5 Å². The topological polar surface area (TPSA) is 56.2 Å². The van der Waals surface area contributed by atoms with Gasteiger partial charge >= 0.3 is 0 Å². The Morgan fingerprint density at radius 2 is 2.15 bits per heavy atom. The first-order valence-corrected chi connectivity index (χ1v) is 9.28. The van der Waals surface area contributed by atoms with E-state index in [4.69, 9.17) is 16.3 Å². The molecule has 4 rings (SSSR count). The van der Waals surface area contributed by atoms with E-state index in [-0.39, 0.29) is 11.8 Å². The predicted molar refractivity (Wildman–Crippen MR) is 104 cm³/mol. The van der Waals surface area contributed by atoms with Crippen LogP contribution in [0.2, 0.25) is 5.02 Å². The maximum Gasteiger partial charge on any atom is 0.227 e. The van der Waals surface area contributed by atoms with Crippen LogP contribution in [0.15, 0.2) is 61.2 Å². The molecule has 0 radical (unpaired) electrons. The number of hydrogen-bond donors (Lipinski definition) is 1. The van der Waals surface area contributed by atoms with Crippen molar-refractivity contribution in [3.05, 3.63) is 82.9 Å². The van der Waals surface area contributed by atoms with Crippen molar-refractivity contribution in [1.82, 2.24) is 14.9 Å². The SMILES string of the molecule is O=C(NCc1cccc(Cn2ccnc2)c1)C1COc2ccc(Cl)cc2C1. The highest BCUT2D eigenvalue weighted by molar-refractivity contribution is 6.30. The van der Waals surface area contributed by atoms with E-state index in [9.17, 15) is 4.79 Å². The van der Waals surface area contributed by atoms with Crippen LogP contribution in [0.25, 0.3) is 0 Å². The van der Waals surface area contributed by atoms with Gasteiger partial charge in [-0.3, -0.25) is 4.79 Å². The Balaban J connectivity index is 1.35. The normalized spacial score (nSPS) is 15.7. The number of carbonyl (C=O) groups is 1. The first-order valence-electron chi connectivity index (χ1n) is 8.90. The number of rotatable bonds is 5. The van der Waals surface area contributed by atoms with Crippen molar-refractivity contribution in [3.8, 4) is 5.75 Å². The van der Waals surface area contributed by atoms with E-state index in [1.54, 1.807) is 18.6 Å². The van der Waals surface area contributed by atoms with E-state index in [0.29, 0.717) is 24.6 Å². The summed E-state index contributed by atoms with van der Waals surface area (Å²) in [5.41, 5.74) is 3.22. The van der Waals surface area contributed by atoms with Crippen LogP contribution >= 0.6 is 11.6 Å². The van der Waals surface area contributed by atoms with Crippen LogP contribution in [0.1, 0.15) is 16.7 Å². The molecule has 6 heteroatoms. The first kappa shape index (κ1) is 17.6. The van der Waals surface area contributed by atoms with E-state index >= 15 is 0 Å². The number of halogens is 1. The van der Waals surface area contributed by atoms with Crippen molar-refractivity contribution < 1.29 is 9.53 Å². The van der Waals surface area contributed by atoms with Gasteiger partial charge in [0.15, 0.2) is 0 Å². The Morgan fingerprint density at radius 3 is 3.00 bits per heavy atom. The Kier molecular flexibility index (Phi) is 5.12. The Bertz CT molecular complexity index is 940. The molecule has 2 heterocycles. The molecule has 0 aliphatic carbocycles. The summed E-state index contributed by atoms with van der Waals surface area (Å²) in [5, 5.41) is 3.69. The number of benzene rings is 2. The average Bonchev–Trinajstić information content (AvgIpc) is 3.19. The van der Waals surface area contributed by atoms with E-state index in [1.165, 1.54) is 5.56 Å². The smallest absolute Gasteiger partial charge is 0.227 e. The second-order valence-corrected chi connectivity index (χ2v) is 7.17. The zero-order chi connectivity index (χ0) is 18.6. The molecule has 2 aromatic carbocycles. The average molecular weight is 382 g/mol. The van der Waals surface area contributed by atoms with Crippen LogP contribution in [-0.4, -0.2) is 22.1 Å². The van der Waals surface area contributed by atoms with Crippen LogP contribution in [0.4, 0.5) is 0 Å². The van der Waals surface area contributed by atoms with Gasteiger partial charge in [-0.25, -0.2) is 4.98 Å². The molecule has 3 aromatic rings. The molecule has 1 aliphatic rings. The van der Waals surface area contributed by atoms with E-state index in [0.717, 1.165) is 23.4 Å². The number of aromatic nitrogens is 2. The monoisotopic (exact) mass is 381 g/mol. The van der Waals surface area contributed by atoms with E-state index in [1.807, 2.05) is 35.0 Å². The molecule has 27 heavy (non-hydrogen) atoms. The highest BCUT2D eigenvalue weighted by atomic mass is 35.5. The number of fused-ring (bicyclic) bond motifs is 1. The molecule has 1 unspecified atom stereocenters. The quantitative estimate of drug-likeness (QED) is 0.736. The highest BCUT2D eigenvalue weighted by Crippen LogP contribution is 2.29. The summed E-state index contributed by atoms with van der Waals surface area (Å²) in [5.74, 6) is 0.612. The molecule has 1 N–H and O–H groups in total. The van der Waals surface area contributed by atoms with E-state index in [2.05, 4.69) is 22.4 Å². The molecule has 0 saturated heterocycles. The molecule has 5 nitrogen and oxygen atoms in total. The second kappa shape index (κ2) is 7.84. The van der Waals surface area contributed by atoms with Gasteiger partial charge in [0, 0.05) is 30.5 Å². The van der Waals surface area contributed by atoms with Gasteiger partial charge in [0.25, 0.3) is 0 Å². The molecule has 0 spiro atoms. The van der Waals surface area contributed by atoms with Gasteiger partial charge in [0.2, 0.25) is 5.91 Å².